The average Bonchev–Trinajstić information content (AvgIpc) is 2.64. The predicted octanol–water partition coefficient (Wildman–Crippen LogP) is 6.63. The van der Waals surface area contributed by atoms with Gasteiger partial charge in [0.2, 0.25) is 0 Å². The lowest BCUT2D eigenvalue weighted by atomic mass is 9.83. The molecule has 1 saturated carbocycles. The third kappa shape index (κ3) is 5.38. The van der Waals surface area contributed by atoms with Crippen LogP contribution < -0.4 is 4.74 Å². The van der Waals surface area contributed by atoms with E-state index in [1.54, 1.807) is 24.3 Å². The second-order valence-electron chi connectivity index (χ2n) is 6.95. The van der Waals surface area contributed by atoms with Crippen LogP contribution in [0.1, 0.15) is 69.1 Å². The van der Waals surface area contributed by atoms with Crippen LogP contribution in [0.5, 0.6) is 5.75 Å². The highest BCUT2D eigenvalue weighted by atomic mass is 19.3. The van der Waals surface area contributed by atoms with Crippen LogP contribution >= 0.6 is 0 Å². The van der Waals surface area contributed by atoms with Gasteiger partial charge in [0, 0.05) is 12.8 Å². The maximum atomic E-state index is 14.4. The van der Waals surface area contributed by atoms with Crippen molar-refractivity contribution >= 4 is 5.78 Å². The number of benzene rings is 2. The van der Waals surface area contributed by atoms with Gasteiger partial charge in [-0.15, -0.1) is 0 Å². The van der Waals surface area contributed by atoms with Gasteiger partial charge < -0.3 is 4.74 Å². The predicted molar refractivity (Wildman–Crippen MR) is 104 cm³/mol. The number of Topliss-reactive ketones (excluding diaryl/α,β-unsaturated/α-hetero) is 1. The fourth-order valence-corrected chi connectivity index (χ4v) is 3.44. The van der Waals surface area contributed by atoms with Crippen LogP contribution in [0, 0.1) is 0 Å². The molecule has 2 aromatic carbocycles. The average molecular weight is 374 g/mol. The number of ether oxygens (including phenoxy) is 1. The Kier molecular flexibility index (Phi) is 7.11. The molecule has 0 atom stereocenters. The summed E-state index contributed by atoms with van der Waals surface area (Å²) in [6.07, 6.45) is 1.36. The van der Waals surface area contributed by atoms with Gasteiger partial charge in [-0.3, -0.25) is 4.79 Å². The van der Waals surface area contributed by atoms with Crippen LogP contribution in [0.25, 0.3) is 0 Å². The Bertz CT molecular complexity index is 726. The maximum absolute atomic E-state index is 14.4. The minimum atomic E-state index is -3.37. The molecule has 0 amide bonds. The second-order valence-corrected chi connectivity index (χ2v) is 6.95. The zero-order valence-corrected chi connectivity index (χ0v) is 15.0. The molecular formula is C23H28F2O2. The van der Waals surface area contributed by atoms with Crippen molar-refractivity contribution in [2.45, 2.75) is 64.9 Å². The minimum absolute atomic E-state index is 0. The number of carbonyl (C=O) groups is 1. The number of carbonyl (C=O) groups excluding carboxylic acids is 1. The molecule has 3 rings (SSSR count). The molecule has 0 unspecified atom stereocenters. The van der Waals surface area contributed by atoms with Crippen LogP contribution in [-0.2, 0) is 17.3 Å². The Morgan fingerprint density at radius 3 is 2.15 bits per heavy atom. The fourth-order valence-electron chi connectivity index (χ4n) is 3.44. The summed E-state index contributed by atoms with van der Waals surface area (Å²) in [5.74, 6) is 0.780. The molecule has 0 saturated heterocycles. The normalized spacial score (nSPS) is 15.3. The maximum Gasteiger partial charge on any atom is 0.426 e. The van der Waals surface area contributed by atoms with E-state index in [2.05, 4.69) is 6.92 Å². The summed E-state index contributed by atoms with van der Waals surface area (Å²) in [6.45, 7) is 2.06. The van der Waals surface area contributed by atoms with Crippen LogP contribution in [0.4, 0.5) is 8.78 Å². The highest BCUT2D eigenvalue weighted by Crippen LogP contribution is 2.35. The summed E-state index contributed by atoms with van der Waals surface area (Å²) in [4.78, 5) is 11.3. The summed E-state index contributed by atoms with van der Waals surface area (Å²) >= 11 is 0. The number of hydrogen-bond donors (Lipinski definition) is 0. The van der Waals surface area contributed by atoms with E-state index in [0.29, 0.717) is 24.5 Å². The molecule has 1 fully saturated rings. The third-order valence-corrected chi connectivity index (χ3v) is 4.97. The van der Waals surface area contributed by atoms with Gasteiger partial charge in [0.15, 0.2) is 0 Å². The SMILES string of the molecule is C.CCCc1ccc(C(F)(F)Oc2ccc(C3CCC(=O)CC3)cc2)cc1. The van der Waals surface area contributed by atoms with Crippen molar-refractivity contribution in [1.82, 2.24) is 0 Å². The van der Waals surface area contributed by atoms with E-state index < -0.39 is 6.11 Å². The van der Waals surface area contributed by atoms with Gasteiger partial charge in [-0.1, -0.05) is 45.0 Å². The lowest BCUT2D eigenvalue weighted by Crippen LogP contribution is -2.21. The molecule has 0 N–H and O–H groups in total. The first-order valence-corrected chi connectivity index (χ1v) is 9.26. The number of halogens is 2. The highest BCUT2D eigenvalue weighted by Gasteiger charge is 2.34. The van der Waals surface area contributed by atoms with Crippen molar-refractivity contribution in [3.63, 3.8) is 0 Å². The standard InChI is InChI=1S/C22H24F2O2.CH4/c1-2-3-16-4-10-19(11-5-16)22(23,24)26-21-14-8-18(9-15-21)17-6-12-20(25)13-7-17;/h4-5,8-11,14-15,17H,2-3,6-7,12-13H2,1H3;1H4. The first-order valence-electron chi connectivity index (χ1n) is 9.26. The van der Waals surface area contributed by atoms with Crippen molar-refractivity contribution < 1.29 is 18.3 Å². The second kappa shape index (κ2) is 9.12. The molecule has 0 spiro atoms. The summed E-state index contributed by atoms with van der Waals surface area (Å²) in [7, 11) is 0. The number of aryl methyl sites for hydroxylation is 1. The van der Waals surface area contributed by atoms with Crippen molar-refractivity contribution in [1.29, 1.82) is 0 Å². The number of ketones is 1. The van der Waals surface area contributed by atoms with Crippen molar-refractivity contribution in [3.05, 3.63) is 65.2 Å². The van der Waals surface area contributed by atoms with Gasteiger partial charge >= 0.3 is 6.11 Å². The fraction of sp³-hybridized carbons (Fsp3) is 0.435. The van der Waals surface area contributed by atoms with E-state index in [1.807, 2.05) is 12.1 Å². The number of alkyl halides is 2. The number of hydrogen-bond acceptors (Lipinski definition) is 2. The van der Waals surface area contributed by atoms with Crippen LogP contribution in [0.15, 0.2) is 48.5 Å². The quantitative estimate of drug-likeness (QED) is 0.567. The van der Waals surface area contributed by atoms with Gasteiger partial charge in [0.25, 0.3) is 0 Å². The molecule has 0 aromatic heterocycles. The molecular weight excluding hydrogens is 346 g/mol. The molecule has 4 heteroatoms. The first-order chi connectivity index (χ1) is 12.5. The summed E-state index contributed by atoms with van der Waals surface area (Å²) in [5, 5.41) is 0. The highest BCUT2D eigenvalue weighted by molar-refractivity contribution is 5.79. The van der Waals surface area contributed by atoms with E-state index in [0.717, 1.165) is 36.8 Å². The Balaban J connectivity index is 0.00000261. The Labute approximate surface area is 160 Å². The summed E-state index contributed by atoms with van der Waals surface area (Å²) < 4.78 is 33.8. The monoisotopic (exact) mass is 374 g/mol. The van der Waals surface area contributed by atoms with Crippen LogP contribution in [-0.4, -0.2) is 5.78 Å². The van der Waals surface area contributed by atoms with Crippen LogP contribution in [0.3, 0.4) is 0 Å². The van der Waals surface area contributed by atoms with Gasteiger partial charge in [0.05, 0.1) is 5.56 Å². The van der Waals surface area contributed by atoms with Gasteiger partial charge in [-0.25, -0.2) is 0 Å². The summed E-state index contributed by atoms with van der Waals surface area (Å²) in [6, 6.07) is 13.1. The molecule has 2 aromatic rings. The Morgan fingerprint density at radius 1 is 1.00 bits per heavy atom. The van der Waals surface area contributed by atoms with E-state index in [4.69, 9.17) is 4.74 Å². The molecule has 1 aliphatic rings. The van der Waals surface area contributed by atoms with Crippen molar-refractivity contribution in [3.8, 4) is 5.75 Å². The zero-order chi connectivity index (χ0) is 18.6. The van der Waals surface area contributed by atoms with Crippen molar-refractivity contribution in [2.24, 2.45) is 0 Å². The molecule has 0 bridgehead atoms. The topological polar surface area (TPSA) is 26.3 Å². The first kappa shape index (κ1) is 21.1. The lowest BCUT2D eigenvalue weighted by Gasteiger charge is -2.22. The Morgan fingerprint density at radius 2 is 1.59 bits per heavy atom. The molecule has 0 radical (unpaired) electrons. The molecule has 2 nitrogen and oxygen atoms in total. The van der Waals surface area contributed by atoms with E-state index >= 15 is 0 Å². The zero-order valence-electron chi connectivity index (χ0n) is 15.0. The minimum Gasteiger partial charge on any atom is -0.429 e. The molecule has 27 heavy (non-hydrogen) atoms. The van der Waals surface area contributed by atoms with E-state index in [9.17, 15) is 13.6 Å². The molecule has 0 heterocycles. The largest absolute Gasteiger partial charge is 0.429 e. The number of rotatable bonds is 6. The molecule has 1 aliphatic carbocycles. The third-order valence-electron chi connectivity index (χ3n) is 4.97. The lowest BCUT2D eigenvalue weighted by molar-refractivity contribution is -0.185. The van der Waals surface area contributed by atoms with E-state index in [1.165, 1.54) is 12.1 Å². The van der Waals surface area contributed by atoms with Crippen LogP contribution in [0.2, 0.25) is 0 Å². The van der Waals surface area contributed by atoms with Crippen molar-refractivity contribution in [2.75, 3.05) is 0 Å². The van der Waals surface area contributed by atoms with Gasteiger partial charge in [0.1, 0.15) is 11.5 Å². The Hall–Kier alpha value is -2.23. The van der Waals surface area contributed by atoms with Gasteiger partial charge in [-0.2, -0.15) is 8.78 Å². The molecule has 146 valence electrons. The molecule has 0 aliphatic heterocycles. The summed E-state index contributed by atoms with van der Waals surface area (Å²) in [5.41, 5.74) is 1.98. The van der Waals surface area contributed by atoms with Gasteiger partial charge in [-0.05, 0) is 60.6 Å². The smallest absolute Gasteiger partial charge is 0.426 e. The van der Waals surface area contributed by atoms with E-state index in [-0.39, 0.29) is 18.7 Å².